The minimum Gasteiger partial charge on any atom is -0.324 e. The summed E-state index contributed by atoms with van der Waals surface area (Å²) in [4.78, 5) is 0. The summed E-state index contributed by atoms with van der Waals surface area (Å²) in [6, 6.07) is 49.0. The third kappa shape index (κ3) is 6.31. The third-order valence-corrected chi connectivity index (χ3v) is 22.4. The second kappa shape index (κ2) is 12.0. The summed E-state index contributed by atoms with van der Waals surface area (Å²) >= 11 is 1.96. The fourth-order valence-corrected chi connectivity index (χ4v) is 24.1. The summed E-state index contributed by atoms with van der Waals surface area (Å²) in [5, 5.41) is 5.31. The molecule has 0 saturated carbocycles. The molecule has 7 heteroatoms. The lowest BCUT2D eigenvalue weighted by atomic mass is 10.4. The quantitative estimate of drug-likeness (QED) is 0.122. The predicted molar refractivity (Wildman–Crippen MR) is 193 cm³/mol. The molecule has 0 aliphatic rings. The summed E-state index contributed by atoms with van der Waals surface area (Å²) in [6.45, 7) is 14.2. The van der Waals surface area contributed by atoms with Gasteiger partial charge < -0.3 is 8.82 Å². The molecular weight excluding hydrogens is 587 g/mol. The molecule has 0 radical (unpaired) electrons. The van der Waals surface area contributed by atoms with Crippen LogP contribution in [-0.2, 0) is 0 Å². The lowest BCUT2D eigenvalue weighted by Crippen LogP contribution is -2.30. The Hall–Kier alpha value is -2.53. The van der Waals surface area contributed by atoms with Crippen LogP contribution < -0.4 is 30.5 Å². The predicted octanol–water partition coefficient (Wildman–Crippen LogP) is 8.37. The zero-order valence-electron chi connectivity index (χ0n) is 24.9. The molecule has 0 unspecified atom stereocenters. The van der Waals surface area contributed by atoms with Crippen LogP contribution in [0.1, 0.15) is 0 Å². The molecule has 2 nitrogen and oxygen atoms in total. The molecule has 0 aliphatic heterocycles. The van der Waals surface area contributed by atoms with E-state index in [1.54, 1.807) is 0 Å². The van der Waals surface area contributed by atoms with Gasteiger partial charge in [-0.25, -0.2) is 0 Å². The van der Waals surface area contributed by atoms with E-state index >= 15 is 0 Å². The lowest BCUT2D eigenvalue weighted by Gasteiger charge is -2.31. The molecular formula is C34H40N2P2SSi2. The maximum Gasteiger partial charge on any atom is 0.171 e. The van der Waals surface area contributed by atoms with E-state index in [0.29, 0.717) is 0 Å². The molecule has 0 N–H and O–H groups in total. The smallest absolute Gasteiger partial charge is 0.171 e. The first-order chi connectivity index (χ1) is 19.5. The van der Waals surface area contributed by atoms with Crippen LogP contribution in [0.4, 0.5) is 0 Å². The van der Waals surface area contributed by atoms with Crippen LogP contribution in [0, 0.1) is 0 Å². The lowest BCUT2D eigenvalue weighted by molar-refractivity contribution is 1.59. The Bertz CT molecular complexity index is 1490. The van der Waals surface area contributed by atoms with E-state index in [2.05, 4.69) is 173 Å². The second-order valence-electron chi connectivity index (χ2n) is 12.3. The molecule has 4 aromatic carbocycles. The van der Waals surface area contributed by atoms with E-state index in [1.807, 2.05) is 11.3 Å². The van der Waals surface area contributed by atoms with Gasteiger partial charge in [-0.2, -0.15) is 0 Å². The summed E-state index contributed by atoms with van der Waals surface area (Å²) < 4.78 is 14.6. The van der Waals surface area contributed by atoms with Crippen molar-refractivity contribution in [1.82, 2.24) is 0 Å². The van der Waals surface area contributed by atoms with Crippen molar-refractivity contribution >= 4 is 72.4 Å². The Morgan fingerprint density at radius 2 is 0.634 bits per heavy atom. The highest BCUT2D eigenvalue weighted by molar-refractivity contribution is 7.96. The van der Waals surface area contributed by atoms with Gasteiger partial charge in [0.1, 0.15) is 0 Å². The monoisotopic (exact) mass is 626 g/mol. The molecule has 0 saturated heterocycles. The number of nitrogens with zero attached hydrogens (tertiary/aromatic N) is 2. The van der Waals surface area contributed by atoms with Gasteiger partial charge in [-0.05, 0) is 33.4 Å². The normalized spacial score (nSPS) is 12.6. The van der Waals surface area contributed by atoms with E-state index in [4.69, 9.17) is 8.82 Å². The van der Waals surface area contributed by atoms with Crippen molar-refractivity contribution in [2.75, 3.05) is 0 Å². The molecule has 0 aliphatic carbocycles. The fourth-order valence-electron chi connectivity index (χ4n) is 5.28. The van der Waals surface area contributed by atoms with Crippen LogP contribution in [-0.4, -0.2) is 16.5 Å². The summed E-state index contributed by atoms with van der Waals surface area (Å²) in [7, 11) is -8.27. The Balaban J connectivity index is 1.91. The first-order valence-corrected chi connectivity index (χ1v) is 25.3. The van der Waals surface area contributed by atoms with Crippen molar-refractivity contribution in [3.63, 3.8) is 0 Å². The van der Waals surface area contributed by atoms with Crippen molar-refractivity contribution in [2.24, 2.45) is 8.82 Å². The average molecular weight is 627 g/mol. The van der Waals surface area contributed by atoms with Crippen molar-refractivity contribution < 1.29 is 0 Å². The van der Waals surface area contributed by atoms with Gasteiger partial charge in [-0.1, -0.05) is 161 Å². The molecule has 0 atom stereocenters. The fraction of sp³-hybridized carbons (Fsp3) is 0.176. The third-order valence-electron chi connectivity index (χ3n) is 6.63. The Labute approximate surface area is 252 Å². The zero-order valence-corrected chi connectivity index (χ0v) is 29.5. The molecule has 41 heavy (non-hydrogen) atoms. The van der Waals surface area contributed by atoms with Gasteiger partial charge in [0.15, 0.2) is 16.5 Å². The highest BCUT2D eigenvalue weighted by Gasteiger charge is 2.36. The largest absolute Gasteiger partial charge is 0.324 e. The van der Waals surface area contributed by atoms with Crippen LogP contribution >= 0.6 is 25.4 Å². The first-order valence-electron chi connectivity index (χ1n) is 14.2. The molecule has 1 aromatic heterocycles. The Morgan fingerprint density at radius 3 is 0.854 bits per heavy atom. The van der Waals surface area contributed by atoms with Crippen molar-refractivity contribution in [3.05, 3.63) is 133 Å². The van der Waals surface area contributed by atoms with E-state index in [-0.39, 0.29) is 0 Å². The summed E-state index contributed by atoms with van der Waals surface area (Å²) in [6.07, 6.45) is 0. The molecule has 0 bridgehead atoms. The second-order valence-corrected chi connectivity index (χ2v) is 29.8. The van der Waals surface area contributed by atoms with E-state index in [0.717, 1.165) is 0 Å². The van der Waals surface area contributed by atoms with Crippen molar-refractivity contribution in [3.8, 4) is 0 Å². The van der Waals surface area contributed by atoms with Gasteiger partial charge in [0.2, 0.25) is 0 Å². The topological polar surface area (TPSA) is 24.7 Å². The molecule has 1 heterocycles. The standard InChI is InChI=1S/C34H40N2P2SSi2/c1-40(2,3)35-37(29-19-11-7-12-20-29,30-21-13-8-14-22-30)33-27-28-34(39-33)38(36-41(4,5)6,31-23-15-9-16-24-31)32-25-17-10-18-26-32/h7-28H,1-6H3. The Kier molecular flexibility index (Phi) is 8.76. The van der Waals surface area contributed by atoms with Crippen LogP contribution in [0.2, 0.25) is 39.3 Å². The number of hydrogen-bond acceptors (Lipinski definition) is 3. The minimum atomic E-state index is -2.27. The van der Waals surface area contributed by atoms with Crippen LogP contribution in [0.5, 0.6) is 0 Å². The zero-order chi connectivity index (χ0) is 29.1. The highest BCUT2D eigenvalue weighted by Crippen LogP contribution is 2.53. The number of hydrogen-bond donors (Lipinski definition) is 0. The van der Waals surface area contributed by atoms with Crippen molar-refractivity contribution in [2.45, 2.75) is 39.3 Å². The molecule has 0 amide bonds. The highest BCUT2D eigenvalue weighted by atomic mass is 32.1. The number of rotatable bonds is 8. The molecule has 210 valence electrons. The number of thiophene rings is 1. The molecule has 0 fully saturated rings. The van der Waals surface area contributed by atoms with Gasteiger partial charge >= 0.3 is 0 Å². The summed E-state index contributed by atoms with van der Waals surface area (Å²) in [5.74, 6) is 0. The average Bonchev–Trinajstić information content (AvgIpc) is 3.47. The van der Waals surface area contributed by atoms with Gasteiger partial charge in [0.25, 0.3) is 0 Å². The SMILES string of the molecule is C[Si](C)(C)N=P(c1ccccc1)(c1ccccc1)c1ccc(P(=N[Si](C)(C)C)(c2ccccc2)c2ccccc2)s1. The van der Waals surface area contributed by atoms with Gasteiger partial charge in [-0.15, -0.1) is 11.3 Å². The van der Waals surface area contributed by atoms with E-state index < -0.39 is 30.6 Å². The van der Waals surface area contributed by atoms with Crippen molar-refractivity contribution in [1.29, 1.82) is 0 Å². The van der Waals surface area contributed by atoms with E-state index in [9.17, 15) is 0 Å². The minimum absolute atomic E-state index is 1.33. The molecule has 5 aromatic rings. The maximum absolute atomic E-state index is 5.92. The van der Waals surface area contributed by atoms with Gasteiger partial charge in [0, 0.05) is 0 Å². The van der Waals surface area contributed by atoms with Crippen LogP contribution in [0.15, 0.2) is 142 Å². The Morgan fingerprint density at radius 1 is 0.390 bits per heavy atom. The van der Waals surface area contributed by atoms with Crippen LogP contribution in [0.25, 0.3) is 0 Å². The van der Waals surface area contributed by atoms with Gasteiger partial charge in [0.05, 0.1) is 23.3 Å². The maximum atomic E-state index is 5.92. The molecule has 0 spiro atoms. The number of benzene rings is 4. The summed E-state index contributed by atoms with van der Waals surface area (Å²) in [5.41, 5.74) is 0. The van der Waals surface area contributed by atoms with Gasteiger partial charge in [-0.3, -0.25) is 0 Å². The van der Waals surface area contributed by atoms with E-state index in [1.165, 1.54) is 30.5 Å². The first kappa shape index (κ1) is 29.9. The van der Waals surface area contributed by atoms with Crippen LogP contribution in [0.3, 0.4) is 0 Å². The molecule has 5 rings (SSSR count).